The fraction of sp³-hybridized carbons (Fsp3) is 0.0909. The summed E-state index contributed by atoms with van der Waals surface area (Å²) in [5, 5.41) is 5.98. The molecule has 0 heterocycles. The molecule has 0 aliphatic heterocycles. The zero-order valence-corrected chi connectivity index (χ0v) is 16.4. The van der Waals surface area contributed by atoms with Crippen LogP contribution in [0.15, 0.2) is 72.8 Å². The number of carbonyl (C=O) groups excluding carboxylic acids is 2. The van der Waals surface area contributed by atoms with Gasteiger partial charge in [-0.15, -0.1) is 0 Å². The molecule has 2 amide bonds. The molecule has 0 unspecified atom stereocenters. The summed E-state index contributed by atoms with van der Waals surface area (Å²) in [6.07, 6.45) is 0. The van der Waals surface area contributed by atoms with Crippen molar-refractivity contribution < 1.29 is 19.1 Å². The molecule has 148 valence electrons. The molecule has 0 aromatic heterocycles. The average molecular weight is 411 g/mol. The summed E-state index contributed by atoms with van der Waals surface area (Å²) in [5.41, 5.74) is 1.66. The van der Waals surface area contributed by atoms with Gasteiger partial charge < -0.3 is 20.1 Å². The first-order chi connectivity index (χ1) is 14.0. The number of amides is 2. The molecule has 0 saturated heterocycles. The molecular weight excluding hydrogens is 392 g/mol. The van der Waals surface area contributed by atoms with Crippen LogP contribution in [0, 0.1) is 0 Å². The Bertz CT molecular complexity index is 991. The zero-order chi connectivity index (χ0) is 20.6. The highest BCUT2D eigenvalue weighted by Crippen LogP contribution is 2.27. The van der Waals surface area contributed by atoms with Crippen LogP contribution >= 0.6 is 11.6 Å². The quantitative estimate of drug-likeness (QED) is 0.596. The molecule has 0 radical (unpaired) electrons. The normalized spacial score (nSPS) is 10.1. The number of hydrogen-bond acceptors (Lipinski definition) is 4. The number of anilines is 2. The second-order valence-corrected chi connectivity index (χ2v) is 6.46. The maximum atomic E-state index is 12.1. The lowest BCUT2D eigenvalue weighted by molar-refractivity contribution is -0.118. The van der Waals surface area contributed by atoms with Crippen LogP contribution in [0.1, 0.15) is 10.4 Å². The van der Waals surface area contributed by atoms with Crippen molar-refractivity contribution in [2.24, 2.45) is 0 Å². The Morgan fingerprint density at radius 3 is 2.34 bits per heavy atom. The lowest BCUT2D eigenvalue weighted by Gasteiger charge is -2.11. The van der Waals surface area contributed by atoms with E-state index in [0.29, 0.717) is 33.5 Å². The van der Waals surface area contributed by atoms with Gasteiger partial charge in [0.15, 0.2) is 6.61 Å². The fourth-order valence-corrected chi connectivity index (χ4v) is 2.71. The molecule has 0 aliphatic rings. The summed E-state index contributed by atoms with van der Waals surface area (Å²) >= 11 is 5.95. The Kier molecular flexibility index (Phi) is 6.71. The molecular formula is C22H19ClN2O4. The maximum absolute atomic E-state index is 12.1. The monoisotopic (exact) mass is 410 g/mol. The van der Waals surface area contributed by atoms with Crippen molar-refractivity contribution in [3.8, 4) is 11.5 Å². The zero-order valence-electron chi connectivity index (χ0n) is 15.6. The number of carbonyl (C=O) groups is 2. The van der Waals surface area contributed by atoms with Crippen molar-refractivity contribution >= 4 is 34.8 Å². The van der Waals surface area contributed by atoms with E-state index in [1.807, 2.05) is 6.07 Å². The first-order valence-corrected chi connectivity index (χ1v) is 9.15. The minimum absolute atomic E-state index is 0.189. The van der Waals surface area contributed by atoms with Crippen LogP contribution in [-0.4, -0.2) is 25.5 Å². The fourth-order valence-electron chi connectivity index (χ4n) is 2.54. The van der Waals surface area contributed by atoms with Crippen molar-refractivity contribution in [1.29, 1.82) is 0 Å². The van der Waals surface area contributed by atoms with E-state index in [4.69, 9.17) is 21.1 Å². The van der Waals surface area contributed by atoms with E-state index in [0.717, 1.165) is 0 Å². The van der Waals surface area contributed by atoms with Gasteiger partial charge in [-0.1, -0.05) is 29.8 Å². The highest BCUT2D eigenvalue weighted by molar-refractivity contribution is 6.31. The third-order valence-corrected chi connectivity index (χ3v) is 4.19. The van der Waals surface area contributed by atoms with Crippen molar-refractivity contribution in [2.75, 3.05) is 24.4 Å². The van der Waals surface area contributed by atoms with Crippen LogP contribution in [0.5, 0.6) is 11.5 Å². The van der Waals surface area contributed by atoms with Crippen LogP contribution in [0.2, 0.25) is 5.02 Å². The number of benzene rings is 3. The molecule has 3 aromatic rings. The number of nitrogens with one attached hydrogen (secondary N) is 2. The third kappa shape index (κ3) is 5.73. The van der Waals surface area contributed by atoms with Crippen molar-refractivity contribution in [1.82, 2.24) is 0 Å². The molecule has 0 saturated carbocycles. The second-order valence-electron chi connectivity index (χ2n) is 6.03. The predicted molar refractivity (Wildman–Crippen MR) is 113 cm³/mol. The van der Waals surface area contributed by atoms with Crippen LogP contribution in [0.25, 0.3) is 0 Å². The van der Waals surface area contributed by atoms with E-state index < -0.39 is 0 Å². The third-order valence-electron chi connectivity index (χ3n) is 3.95. The summed E-state index contributed by atoms with van der Waals surface area (Å²) in [6, 6.07) is 20.6. The smallest absolute Gasteiger partial charge is 0.262 e. The highest BCUT2D eigenvalue weighted by Gasteiger charge is 2.10. The first kappa shape index (κ1) is 20.2. The highest BCUT2D eigenvalue weighted by atomic mass is 35.5. The molecule has 3 aromatic carbocycles. The van der Waals surface area contributed by atoms with Gasteiger partial charge >= 0.3 is 0 Å². The Balaban J connectivity index is 1.53. The summed E-state index contributed by atoms with van der Waals surface area (Å²) < 4.78 is 10.7. The summed E-state index contributed by atoms with van der Waals surface area (Å²) in [7, 11) is 1.51. The van der Waals surface area contributed by atoms with Gasteiger partial charge in [-0.25, -0.2) is 0 Å². The average Bonchev–Trinajstić information content (AvgIpc) is 2.74. The van der Waals surface area contributed by atoms with Crippen molar-refractivity contribution in [2.45, 2.75) is 0 Å². The van der Waals surface area contributed by atoms with E-state index in [1.54, 1.807) is 66.7 Å². The standard InChI is InChI=1S/C22H19ClN2O4/c1-28-20-12-7-16(23)13-19(20)25-21(26)14-29-18-10-8-17(9-11-18)24-22(27)15-5-3-2-4-6-15/h2-13H,14H2,1H3,(H,24,27)(H,25,26). The number of halogens is 1. The minimum Gasteiger partial charge on any atom is -0.495 e. The van der Waals surface area contributed by atoms with Gasteiger partial charge in [-0.2, -0.15) is 0 Å². The Labute approximate surface area is 173 Å². The summed E-state index contributed by atoms with van der Waals surface area (Å²) in [4.78, 5) is 24.3. The van der Waals surface area contributed by atoms with Gasteiger partial charge in [0, 0.05) is 16.3 Å². The Morgan fingerprint density at radius 1 is 0.931 bits per heavy atom. The van der Waals surface area contributed by atoms with Crippen molar-refractivity contribution in [3.05, 3.63) is 83.4 Å². The molecule has 29 heavy (non-hydrogen) atoms. The van der Waals surface area contributed by atoms with Gasteiger partial charge in [0.2, 0.25) is 0 Å². The van der Waals surface area contributed by atoms with Crippen molar-refractivity contribution in [3.63, 3.8) is 0 Å². The molecule has 3 rings (SSSR count). The number of rotatable bonds is 7. The molecule has 0 bridgehead atoms. The summed E-state index contributed by atoms with van der Waals surface area (Å²) in [6.45, 7) is -0.189. The lowest BCUT2D eigenvalue weighted by Crippen LogP contribution is -2.20. The molecule has 2 N–H and O–H groups in total. The van der Waals surface area contributed by atoms with E-state index in [-0.39, 0.29) is 18.4 Å². The van der Waals surface area contributed by atoms with Gasteiger partial charge in [-0.3, -0.25) is 9.59 Å². The molecule has 0 fully saturated rings. The van der Waals surface area contributed by atoms with E-state index >= 15 is 0 Å². The predicted octanol–water partition coefficient (Wildman–Crippen LogP) is 4.62. The van der Waals surface area contributed by atoms with Crippen LogP contribution in [0.4, 0.5) is 11.4 Å². The number of methoxy groups -OCH3 is 1. The maximum Gasteiger partial charge on any atom is 0.262 e. The van der Waals surface area contributed by atoms with Crippen LogP contribution < -0.4 is 20.1 Å². The minimum atomic E-state index is -0.355. The number of hydrogen-bond donors (Lipinski definition) is 2. The molecule has 0 atom stereocenters. The first-order valence-electron chi connectivity index (χ1n) is 8.78. The molecule has 0 aliphatic carbocycles. The molecule has 6 nitrogen and oxygen atoms in total. The number of ether oxygens (including phenoxy) is 2. The molecule has 7 heteroatoms. The van der Waals surface area contributed by atoms with Gasteiger partial charge in [0.05, 0.1) is 12.8 Å². The Morgan fingerprint density at radius 2 is 1.66 bits per heavy atom. The van der Waals surface area contributed by atoms with E-state index in [9.17, 15) is 9.59 Å². The Hall–Kier alpha value is -3.51. The molecule has 0 spiro atoms. The second kappa shape index (κ2) is 9.61. The SMILES string of the molecule is COc1ccc(Cl)cc1NC(=O)COc1ccc(NC(=O)c2ccccc2)cc1. The topological polar surface area (TPSA) is 76.7 Å². The van der Waals surface area contributed by atoms with Crippen LogP contribution in [0.3, 0.4) is 0 Å². The van der Waals surface area contributed by atoms with E-state index in [2.05, 4.69) is 10.6 Å². The largest absolute Gasteiger partial charge is 0.495 e. The van der Waals surface area contributed by atoms with Gasteiger partial charge in [0.25, 0.3) is 11.8 Å². The van der Waals surface area contributed by atoms with E-state index in [1.165, 1.54) is 7.11 Å². The van der Waals surface area contributed by atoms with Gasteiger partial charge in [-0.05, 0) is 54.6 Å². The summed E-state index contributed by atoms with van der Waals surface area (Å²) in [5.74, 6) is 0.443. The lowest BCUT2D eigenvalue weighted by atomic mass is 10.2. The van der Waals surface area contributed by atoms with Gasteiger partial charge in [0.1, 0.15) is 11.5 Å². The van der Waals surface area contributed by atoms with Crippen LogP contribution in [-0.2, 0) is 4.79 Å².